The zero-order valence-electron chi connectivity index (χ0n) is 19.6. The molecule has 0 saturated carbocycles. The molecule has 0 saturated heterocycles. The highest BCUT2D eigenvalue weighted by atomic mass is 16.5. The average Bonchev–Trinajstić information content (AvgIpc) is 3.07. The third-order valence-corrected chi connectivity index (χ3v) is 5.40. The molecule has 0 aliphatic carbocycles. The molecule has 174 valence electrons. The molecule has 0 fully saturated rings. The van der Waals surface area contributed by atoms with Crippen LogP contribution in [0, 0.1) is 0 Å². The van der Waals surface area contributed by atoms with Gasteiger partial charge in [-0.3, -0.25) is 4.79 Å². The largest absolute Gasteiger partial charge is 0.497 e. The molecule has 1 aliphatic heterocycles. The molecule has 1 heterocycles. The number of esters is 1. The Bertz CT molecular complexity index is 1090. The van der Waals surface area contributed by atoms with Crippen molar-refractivity contribution >= 4 is 18.0 Å². The summed E-state index contributed by atoms with van der Waals surface area (Å²) in [4.78, 5) is 27.6. The number of hydrogen-bond donors (Lipinski definition) is 0. The first-order chi connectivity index (χ1) is 15.9. The zero-order valence-corrected chi connectivity index (χ0v) is 19.6. The number of amides is 1. The summed E-state index contributed by atoms with van der Waals surface area (Å²) in [7, 11) is 7.41. The molecular formula is C25H27NO7. The minimum Gasteiger partial charge on any atom is -0.497 e. The van der Waals surface area contributed by atoms with Crippen LogP contribution in [0.3, 0.4) is 0 Å². The summed E-state index contributed by atoms with van der Waals surface area (Å²) in [6.07, 6.45) is 1.62. The quantitative estimate of drug-likeness (QED) is 0.446. The maximum Gasteiger partial charge on any atom is 0.340 e. The summed E-state index contributed by atoms with van der Waals surface area (Å²) in [6.45, 7) is 2.02. The standard InChI is InChI=1S/C25H27NO7/c1-15-22(25(28)33-6)19(11-17-12-20(30-3)23(32-5)21(13-17)31-4)24(27)26(15)14-16-7-9-18(29-2)10-8-16/h7-13H,14H2,1-6H3/b19-11-. The van der Waals surface area contributed by atoms with E-state index in [2.05, 4.69) is 0 Å². The molecule has 8 heteroatoms. The van der Waals surface area contributed by atoms with Gasteiger partial charge in [0.1, 0.15) is 5.75 Å². The van der Waals surface area contributed by atoms with Crippen molar-refractivity contribution in [3.05, 3.63) is 64.4 Å². The average molecular weight is 453 g/mol. The Morgan fingerprint density at radius 1 is 0.909 bits per heavy atom. The first-order valence-corrected chi connectivity index (χ1v) is 10.1. The first-order valence-electron chi connectivity index (χ1n) is 10.1. The SMILES string of the molecule is COC(=O)C1=C(C)N(Cc2ccc(OC)cc2)C(=O)/C1=C\c1cc(OC)c(OC)c(OC)c1. The third kappa shape index (κ3) is 4.64. The minimum atomic E-state index is -0.586. The Morgan fingerprint density at radius 3 is 2.00 bits per heavy atom. The normalized spacial score (nSPS) is 14.5. The second-order valence-corrected chi connectivity index (χ2v) is 7.21. The predicted molar refractivity (Wildman–Crippen MR) is 122 cm³/mol. The molecule has 8 nitrogen and oxygen atoms in total. The van der Waals surface area contributed by atoms with Crippen LogP contribution in [0.1, 0.15) is 18.1 Å². The van der Waals surface area contributed by atoms with E-state index in [1.165, 1.54) is 28.4 Å². The van der Waals surface area contributed by atoms with E-state index in [1.807, 2.05) is 24.3 Å². The van der Waals surface area contributed by atoms with Crippen LogP contribution in [-0.2, 0) is 20.9 Å². The van der Waals surface area contributed by atoms with Crippen molar-refractivity contribution in [2.24, 2.45) is 0 Å². The van der Waals surface area contributed by atoms with Gasteiger partial charge in [-0.25, -0.2) is 4.79 Å². The zero-order chi connectivity index (χ0) is 24.1. The molecule has 2 aromatic carbocycles. The smallest absolute Gasteiger partial charge is 0.340 e. The summed E-state index contributed by atoms with van der Waals surface area (Å²) < 4.78 is 26.3. The van der Waals surface area contributed by atoms with E-state index in [0.717, 1.165) is 11.3 Å². The van der Waals surface area contributed by atoms with E-state index in [9.17, 15) is 9.59 Å². The van der Waals surface area contributed by atoms with Crippen LogP contribution in [0.15, 0.2) is 53.2 Å². The number of rotatable bonds is 8. The van der Waals surface area contributed by atoms with Crippen LogP contribution >= 0.6 is 0 Å². The van der Waals surface area contributed by atoms with Crippen LogP contribution in [0.5, 0.6) is 23.0 Å². The van der Waals surface area contributed by atoms with Crippen molar-refractivity contribution in [2.45, 2.75) is 13.5 Å². The lowest BCUT2D eigenvalue weighted by Crippen LogP contribution is -2.24. The van der Waals surface area contributed by atoms with Gasteiger partial charge < -0.3 is 28.6 Å². The molecule has 33 heavy (non-hydrogen) atoms. The summed E-state index contributed by atoms with van der Waals surface area (Å²) in [5.41, 5.74) is 2.45. The highest BCUT2D eigenvalue weighted by Gasteiger charge is 2.37. The van der Waals surface area contributed by atoms with Gasteiger partial charge in [-0.15, -0.1) is 0 Å². The van der Waals surface area contributed by atoms with Crippen LogP contribution in [0.4, 0.5) is 0 Å². The lowest BCUT2D eigenvalue weighted by atomic mass is 10.0. The molecule has 3 rings (SSSR count). The van der Waals surface area contributed by atoms with Gasteiger partial charge in [0.15, 0.2) is 11.5 Å². The fraction of sp³-hybridized carbons (Fsp3) is 0.280. The predicted octanol–water partition coefficient (Wildman–Crippen LogP) is 3.59. The van der Waals surface area contributed by atoms with E-state index in [0.29, 0.717) is 35.1 Å². The van der Waals surface area contributed by atoms with Gasteiger partial charge in [0.25, 0.3) is 5.91 Å². The van der Waals surface area contributed by atoms with Crippen LogP contribution in [0.25, 0.3) is 6.08 Å². The maximum absolute atomic E-state index is 13.4. The number of carbonyl (C=O) groups excluding carboxylic acids is 2. The van der Waals surface area contributed by atoms with Crippen LogP contribution in [-0.4, -0.2) is 52.3 Å². The molecule has 1 amide bonds. The van der Waals surface area contributed by atoms with Crippen LogP contribution < -0.4 is 18.9 Å². The number of ether oxygens (including phenoxy) is 5. The molecule has 0 atom stereocenters. The van der Waals surface area contributed by atoms with E-state index in [1.54, 1.807) is 37.1 Å². The molecule has 0 unspecified atom stereocenters. The Labute approximate surface area is 192 Å². The van der Waals surface area contributed by atoms with Crippen molar-refractivity contribution in [3.63, 3.8) is 0 Å². The van der Waals surface area contributed by atoms with Crippen LogP contribution in [0.2, 0.25) is 0 Å². The molecule has 1 aliphatic rings. The van der Waals surface area contributed by atoms with Crippen molar-refractivity contribution in [1.29, 1.82) is 0 Å². The summed E-state index contributed by atoms with van der Waals surface area (Å²) in [5.74, 6) is 1.13. The second kappa shape index (κ2) is 10.1. The Hall–Kier alpha value is -3.94. The minimum absolute atomic E-state index is 0.213. The lowest BCUT2D eigenvalue weighted by molar-refractivity contribution is -0.136. The van der Waals surface area contributed by atoms with E-state index >= 15 is 0 Å². The van der Waals surface area contributed by atoms with Gasteiger partial charge in [-0.2, -0.15) is 0 Å². The first kappa shape index (κ1) is 23.7. The Balaban J connectivity index is 2.06. The van der Waals surface area contributed by atoms with Crippen molar-refractivity contribution < 1.29 is 33.3 Å². The van der Waals surface area contributed by atoms with E-state index < -0.39 is 5.97 Å². The summed E-state index contributed by atoms with van der Waals surface area (Å²) in [5, 5.41) is 0. The topological polar surface area (TPSA) is 83.5 Å². The molecular weight excluding hydrogens is 426 g/mol. The molecule has 0 bridgehead atoms. The van der Waals surface area contributed by atoms with Gasteiger partial charge >= 0.3 is 5.97 Å². The number of benzene rings is 2. The summed E-state index contributed by atoms with van der Waals surface area (Å²) in [6, 6.07) is 10.8. The van der Waals surface area contributed by atoms with E-state index in [-0.39, 0.29) is 17.1 Å². The highest BCUT2D eigenvalue weighted by molar-refractivity contribution is 6.16. The van der Waals surface area contributed by atoms with Gasteiger partial charge in [-0.1, -0.05) is 12.1 Å². The maximum atomic E-state index is 13.4. The molecule has 0 aromatic heterocycles. The monoisotopic (exact) mass is 453 g/mol. The lowest BCUT2D eigenvalue weighted by Gasteiger charge is -2.18. The van der Waals surface area contributed by atoms with Crippen molar-refractivity contribution in [3.8, 4) is 23.0 Å². The van der Waals surface area contributed by atoms with Gasteiger partial charge in [0, 0.05) is 5.70 Å². The third-order valence-electron chi connectivity index (χ3n) is 5.40. The number of hydrogen-bond acceptors (Lipinski definition) is 7. The Kier molecular flexibility index (Phi) is 7.27. The van der Waals surface area contributed by atoms with E-state index in [4.69, 9.17) is 23.7 Å². The second-order valence-electron chi connectivity index (χ2n) is 7.21. The van der Waals surface area contributed by atoms with Crippen molar-refractivity contribution in [2.75, 3.05) is 35.5 Å². The van der Waals surface area contributed by atoms with Gasteiger partial charge in [-0.05, 0) is 48.4 Å². The Morgan fingerprint density at radius 2 is 1.52 bits per heavy atom. The molecule has 2 aromatic rings. The molecule has 0 spiro atoms. The fourth-order valence-corrected chi connectivity index (χ4v) is 3.68. The number of carbonyl (C=O) groups is 2. The highest BCUT2D eigenvalue weighted by Crippen LogP contribution is 2.40. The van der Waals surface area contributed by atoms with Gasteiger partial charge in [0.2, 0.25) is 5.75 Å². The fourth-order valence-electron chi connectivity index (χ4n) is 3.68. The number of allylic oxidation sites excluding steroid dienone is 1. The van der Waals surface area contributed by atoms with Gasteiger partial charge in [0.05, 0.1) is 53.2 Å². The molecule has 0 radical (unpaired) electrons. The summed E-state index contributed by atoms with van der Waals surface area (Å²) >= 11 is 0. The number of methoxy groups -OCH3 is 5. The van der Waals surface area contributed by atoms with Crippen molar-refractivity contribution in [1.82, 2.24) is 4.90 Å². The molecule has 0 N–H and O–H groups in total. The number of nitrogens with zero attached hydrogens (tertiary/aromatic N) is 1.